The maximum Gasteiger partial charge on any atom is 0.299 e. The van der Waals surface area contributed by atoms with E-state index in [1.54, 1.807) is 17.8 Å². The van der Waals surface area contributed by atoms with Gasteiger partial charge in [-0.1, -0.05) is 0 Å². The number of benzene rings is 1. The van der Waals surface area contributed by atoms with Gasteiger partial charge in [0.2, 0.25) is 0 Å². The lowest BCUT2D eigenvalue weighted by atomic mass is 10.2. The molecule has 1 unspecified atom stereocenters. The first-order chi connectivity index (χ1) is 10.5. The van der Waals surface area contributed by atoms with Crippen LogP contribution in [0.3, 0.4) is 0 Å². The van der Waals surface area contributed by atoms with E-state index in [0.29, 0.717) is 18.8 Å². The van der Waals surface area contributed by atoms with Gasteiger partial charge in [-0.15, -0.1) is 0 Å². The van der Waals surface area contributed by atoms with Crippen molar-refractivity contribution < 1.29 is 22.4 Å². The van der Waals surface area contributed by atoms with Crippen molar-refractivity contribution >= 4 is 39.0 Å². The van der Waals surface area contributed by atoms with E-state index in [-0.39, 0.29) is 16.1 Å². The Morgan fingerprint density at radius 2 is 2.09 bits per heavy atom. The van der Waals surface area contributed by atoms with Gasteiger partial charge in [0, 0.05) is 13.1 Å². The van der Waals surface area contributed by atoms with Gasteiger partial charge in [0.15, 0.2) is 28.6 Å². The smallest absolute Gasteiger partial charge is 0.299 e. The van der Waals surface area contributed by atoms with Crippen LogP contribution in [-0.2, 0) is 4.79 Å². The number of halogens is 4. The molecule has 1 aliphatic rings. The Hall–Kier alpha value is -1.99. The molecule has 1 aliphatic heterocycles. The second kappa shape index (κ2) is 5.33. The molecule has 2 aromatic rings. The molecule has 1 N–H and O–H groups in total. The van der Waals surface area contributed by atoms with Crippen LogP contribution >= 0.6 is 15.9 Å². The summed E-state index contributed by atoms with van der Waals surface area (Å²) >= 11 is 2.83. The summed E-state index contributed by atoms with van der Waals surface area (Å²) in [5, 5.41) is 2.87. The van der Waals surface area contributed by atoms with Gasteiger partial charge in [-0.25, -0.2) is 18.0 Å². The molecule has 1 fully saturated rings. The van der Waals surface area contributed by atoms with Gasteiger partial charge in [-0.2, -0.15) is 4.98 Å². The van der Waals surface area contributed by atoms with Crippen LogP contribution < -0.4 is 10.2 Å². The number of piperazine rings is 1. The van der Waals surface area contributed by atoms with Crippen LogP contribution in [0.1, 0.15) is 6.92 Å². The third-order valence-electron chi connectivity index (χ3n) is 3.51. The number of hydrogen-bond acceptors (Lipinski definition) is 5. The fourth-order valence-electron chi connectivity index (χ4n) is 2.32. The van der Waals surface area contributed by atoms with Crippen LogP contribution in [-0.4, -0.2) is 30.1 Å². The summed E-state index contributed by atoms with van der Waals surface area (Å²) in [4.78, 5) is 16.3. The molecular weight excluding hydrogens is 367 g/mol. The predicted octanol–water partition coefficient (Wildman–Crippen LogP) is 2.52. The van der Waals surface area contributed by atoms with Crippen LogP contribution in [0.15, 0.2) is 14.6 Å². The Morgan fingerprint density at radius 1 is 1.36 bits per heavy atom. The van der Waals surface area contributed by atoms with E-state index in [0.717, 1.165) is 0 Å². The van der Waals surface area contributed by atoms with Crippen LogP contribution in [0.4, 0.5) is 19.2 Å². The van der Waals surface area contributed by atoms with Crippen molar-refractivity contribution in [2.75, 3.05) is 18.0 Å². The van der Waals surface area contributed by atoms with Gasteiger partial charge >= 0.3 is 0 Å². The second-order valence-electron chi connectivity index (χ2n) is 4.74. The zero-order valence-corrected chi connectivity index (χ0v) is 12.8. The number of nitrogens with zero attached hydrogens (tertiary/aromatic N) is 2. The molecule has 0 saturated carbocycles. The highest BCUT2D eigenvalue weighted by atomic mass is 79.9. The third-order valence-corrected chi connectivity index (χ3v) is 4.22. The van der Waals surface area contributed by atoms with Gasteiger partial charge in [-0.05, 0) is 22.9 Å². The van der Waals surface area contributed by atoms with Crippen molar-refractivity contribution in [3.05, 3.63) is 27.6 Å². The molecule has 1 aromatic carbocycles. The van der Waals surface area contributed by atoms with Crippen molar-refractivity contribution in [3.8, 4) is 0 Å². The lowest BCUT2D eigenvalue weighted by Gasteiger charge is -2.33. The van der Waals surface area contributed by atoms with Crippen LogP contribution in [0.2, 0.25) is 0 Å². The van der Waals surface area contributed by atoms with Gasteiger partial charge < -0.3 is 14.6 Å². The van der Waals surface area contributed by atoms with E-state index in [4.69, 9.17) is 4.42 Å². The molecule has 9 heteroatoms. The Morgan fingerprint density at radius 3 is 2.77 bits per heavy atom. The molecule has 0 bridgehead atoms. The zero-order chi connectivity index (χ0) is 16.0. The van der Waals surface area contributed by atoms with Gasteiger partial charge in [-0.3, -0.25) is 0 Å². The molecule has 3 rings (SSSR count). The molecule has 0 amide bonds. The summed E-state index contributed by atoms with van der Waals surface area (Å²) in [6.45, 7) is 2.55. The van der Waals surface area contributed by atoms with E-state index in [1.807, 2.05) is 0 Å². The molecule has 2 heterocycles. The average molecular weight is 376 g/mol. The fraction of sp³-hybridized carbons (Fsp3) is 0.308. The molecule has 1 atom stereocenters. The predicted molar refractivity (Wildman–Crippen MR) is 75.6 cm³/mol. The maximum atomic E-state index is 13.8. The minimum absolute atomic E-state index is 0.0265. The minimum atomic E-state index is -1.62. The van der Waals surface area contributed by atoms with Gasteiger partial charge in [0.25, 0.3) is 6.01 Å². The molecule has 0 radical (unpaired) electrons. The first-order valence-corrected chi connectivity index (χ1v) is 7.13. The summed E-state index contributed by atoms with van der Waals surface area (Å²) in [7, 11) is 0. The van der Waals surface area contributed by atoms with Crippen LogP contribution in [0.5, 0.6) is 0 Å². The lowest BCUT2D eigenvalue weighted by Crippen LogP contribution is -2.48. The van der Waals surface area contributed by atoms with E-state index < -0.39 is 29.0 Å². The van der Waals surface area contributed by atoms with Crippen molar-refractivity contribution in [1.82, 2.24) is 10.3 Å². The number of anilines is 1. The SMILES string of the molecule is CC1C(=C=O)NCCN1c1nc2c(F)c(F)c(F)c(Br)c2o1. The summed E-state index contributed by atoms with van der Waals surface area (Å²) in [5.41, 5.74) is -0.345. The minimum Gasteiger partial charge on any atom is -0.422 e. The molecule has 1 aromatic heterocycles. The van der Waals surface area contributed by atoms with Gasteiger partial charge in [0.05, 0.1) is 6.04 Å². The van der Waals surface area contributed by atoms with E-state index in [1.165, 1.54) is 0 Å². The Kier molecular flexibility index (Phi) is 3.62. The molecule has 22 heavy (non-hydrogen) atoms. The van der Waals surface area contributed by atoms with Crippen molar-refractivity contribution in [2.24, 2.45) is 0 Å². The summed E-state index contributed by atoms with van der Waals surface area (Å²) < 4.78 is 45.8. The lowest BCUT2D eigenvalue weighted by molar-refractivity contribution is 0.447. The molecule has 1 saturated heterocycles. The maximum absolute atomic E-state index is 13.8. The largest absolute Gasteiger partial charge is 0.422 e. The topological polar surface area (TPSA) is 58.4 Å². The normalized spacial score (nSPS) is 18.5. The average Bonchev–Trinajstić information content (AvgIpc) is 2.96. The summed E-state index contributed by atoms with van der Waals surface area (Å²) in [6, 6.07) is -0.461. The van der Waals surface area contributed by atoms with Crippen molar-refractivity contribution in [2.45, 2.75) is 13.0 Å². The molecule has 116 valence electrons. The highest BCUT2D eigenvalue weighted by Gasteiger charge is 2.30. The van der Waals surface area contributed by atoms with Crippen LogP contribution in [0, 0.1) is 17.5 Å². The Balaban J connectivity index is 2.15. The first kappa shape index (κ1) is 14.9. The van der Waals surface area contributed by atoms with Crippen molar-refractivity contribution in [1.29, 1.82) is 0 Å². The van der Waals surface area contributed by atoms with E-state index in [2.05, 4.69) is 26.2 Å². The van der Waals surface area contributed by atoms with Crippen molar-refractivity contribution in [3.63, 3.8) is 0 Å². The third kappa shape index (κ3) is 2.08. The van der Waals surface area contributed by atoms with Crippen LogP contribution in [0.25, 0.3) is 11.1 Å². The number of nitrogens with one attached hydrogen (secondary N) is 1. The summed E-state index contributed by atoms with van der Waals surface area (Å²) in [5.74, 6) is -2.65. The first-order valence-electron chi connectivity index (χ1n) is 6.33. The number of rotatable bonds is 1. The number of hydrogen-bond donors (Lipinski definition) is 1. The van der Waals surface area contributed by atoms with Gasteiger partial charge in [0.1, 0.15) is 16.1 Å². The zero-order valence-electron chi connectivity index (χ0n) is 11.2. The molecule has 0 spiro atoms. The molecular formula is C13H9BrF3N3O2. The Labute approximate surface area is 130 Å². The van der Waals surface area contributed by atoms with E-state index in [9.17, 15) is 18.0 Å². The summed E-state index contributed by atoms with van der Waals surface area (Å²) in [6.07, 6.45) is 0. The molecule has 0 aliphatic carbocycles. The molecule has 5 nitrogen and oxygen atoms in total. The highest BCUT2D eigenvalue weighted by molar-refractivity contribution is 9.10. The van der Waals surface area contributed by atoms with E-state index >= 15 is 0 Å². The number of oxazole rings is 1. The number of aromatic nitrogens is 1. The standard InChI is InChI=1S/C13H9BrF3N3O2/c1-5-6(4-21)18-2-3-20(5)13-19-11-10(17)9(16)8(15)7(14)12(11)22-13/h5,18H,2-3H2,1H3. The highest BCUT2D eigenvalue weighted by Crippen LogP contribution is 2.35. The Bertz CT molecular complexity index is 772. The number of fused-ring (bicyclic) bond motifs is 1. The quantitative estimate of drug-likeness (QED) is 0.471. The second-order valence-corrected chi connectivity index (χ2v) is 5.53. The monoisotopic (exact) mass is 375 g/mol. The number of carbonyl (C=O) groups excluding carboxylic acids is 1. The fourth-order valence-corrected chi connectivity index (χ4v) is 2.76.